The Hall–Kier alpha value is -3.46. The normalized spacial score (nSPS) is 10.3. The number of hydrogen-bond acceptors (Lipinski definition) is 3. The highest BCUT2D eigenvalue weighted by Crippen LogP contribution is 2.34. The first-order chi connectivity index (χ1) is 22.5. The van der Waals surface area contributed by atoms with Crippen molar-refractivity contribution in [2.75, 3.05) is 6.61 Å². The molecule has 0 saturated carbocycles. The Bertz CT molecular complexity index is 1260. The van der Waals surface area contributed by atoms with Crippen molar-refractivity contribution >= 4 is 28.9 Å². The van der Waals surface area contributed by atoms with Gasteiger partial charge in [0.25, 0.3) is 0 Å². The number of aliphatic imine (C=N–C) groups is 2. The van der Waals surface area contributed by atoms with Crippen molar-refractivity contribution in [2.45, 2.75) is 141 Å². The van der Waals surface area contributed by atoms with Crippen molar-refractivity contribution in [3.8, 4) is 5.75 Å². The molecule has 3 aromatic carbocycles. The van der Waals surface area contributed by atoms with Crippen LogP contribution >= 0.6 is 0 Å². The van der Waals surface area contributed by atoms with Crippen molar-refractivity contribution < 1.29 is 4.74 Å². The van der Waals surface area contributed by atoms with E-state index in [9.17, 15) is 0 Å². The first kappa shape index (κ1) is 45.7. The molecule has 0 aliphatic carbocycles. The molecule has 0 saturated heterocycles. The second kappa shape index (κ2) is 29.9. The van der Waals surface area contributed by atoms with Crippen molar-refractivity contribution in [3.05, 3.63) is 95.1 Å². The molecule has 3 aromatic rings. The van der Waals surface area contributed by atoms with Crippen LogP contribution in [-0.2, 0) is 6.42 Å². The van der Waals surface area contributed by atoms with Crippen LogP contribution in [0.5, 0.6) is 5.75 Å². The lowest BCUT2D eigenvalue weighted by molar-refractivity contribution is 0.317. The molecule has 0 heterocycles. The van der Waals surface area contributed by atoms with E-state index in [0.29, 0.717) is 6.61 Å². The van der Waals surface area contributed by atoms with E-state index in [0.717, 1.165) is 57.9 Å². The largest absolute Gasteiger partial charge is 0.493 e. The van der Waals surface area contributed by atoms with E-state index >= 15 is 0 Å². The molecule has 0 aliphatic heterocycles. The molecule has 0 spiro atoms. The maximum absolute atomic E-state index is 5.94. The van der Waals surface area contributed by atoms with Gasteiger partial charge in [-0.2, -0.15) is 0 Å². The second-order valence-corrected chi connectivity index (χ2v) is 11.7. The number of hydrogen-bond donors (Lipinski definition) is 0. The molecule has 0 aliphatic rings. The highest BCUT2D eigenvalue weighted by atomic mass is 16.5. The standard InChI is InChI=1S/C24H30N2O.C8H10.3C4H10/c1-8-12-27-24-11-10-17(5)13-21(24)19(7)26-23-15-22(25-9-2)18(6)14-20(23)16(3)4;1-2-8-6-4-3-5-7-8;3*1-3-4-2/h9-11,13-15H,3,8,12H2,1-2,4-7H3;3-7H,2H2,1H3;3*3-4H2,1-2H3. The molecule has 0 aromatic heterocycles. The van der Waals surface area contributed by atoms with Gasteiger partial charge in [0.2, 0.25) is 0 Å². The number of unbranched alkanes of at least 4 members (excludes halogenated alkanes) is 3. The van der Waals surface area contributed by atoms with Gasteiger partial charge in [-0.3, -0.25) is 9.98 Å². The van der Waals surface area contributed by atoms with Crippen LogP contribution in [0.2, 0.25) is 0 Å². The molecule has 0 fully saturated rings. The van der Waals surface area contributed by atoms with Crippen LogP contribution in [-0.4, -0.2) is 18.5 Å². The van der Waals surface area contributed by atoms with Gasteiger partial charge in [-0.1, -0.05) is 142 Å². The zero-order valence-corrected chi connectivity index (χ0v) is 32.7. The van der Waals surface area contributed by atoms with Crippen LogP contribution in [0.1, 0.15) is 149 Å². The third-order valence-electron chi connectivity index (χ3n) is 7.07. The van der Waals surface area contributed by atoms with Gasteiger partial charge >= 0.3 is 0 Å². The number of nitrogens with zero attached hydrogens (tertiary/aromatic N) is 2. The highest BCUT2D eigenvalue weighted by Gasteiger charge is 2.11. The molecule has 0 atom stereocenters. The number of rotatable bonds is 11. The molecule has 0 N–H and O–H groups in total. The molecule has 3 rings (SSSR count). The minimum absolute atomic E-state index is 0.695. The summed E-state index contributed by atoms with van der Waals surface area (Å²) in [6.45, 7) is 32.3. The van der Waals surface area contributed by atoms with E-state index in [1.54, 1.807) is 6.21 Å². The number of allylic oxidation sites excluding steroid dienone is 1. The number of ether oxygens (including phenoxy) is 1. The van der Waals surface area contributed by atoms with Gasteiger partial charge in [-0.25, -0.2) is 0 Å². The third-order valence-corrected chi connectivity index (χ3v) is 7.07. The van der Waals surface area contributed by atoms with E-state index in [1.807, 2.05) is 39.0 Å². The molecule has 3 heteroatoms. The first-order valence-electron chi connectivity index (χ1n) is 18.2. The van der Waals surface area contributed by atoms with Gasteiger partial charge in [0, 0.05) is 23.1 Å². The van der Waals surface area contributed by atoms with E-state index in [1.165, 1.54) is 49.7 Å². The average molecular weight is 643 g/mol. The quantitative estimate of drug-likeness (QED) is 0.192. The summed E-state index contributed by atoms with van der Waals surface area (Å²) in [5, 5.41) is 0. The Morgan fingerprint density at radius 2 is 1.23 bits per heavy atom. The lowest BCUT2D eigenvalue weighted by Gasteiger charge is -2.14. The zero-order valence-electron chi connectivity index (χ0n) is 32.7. The van der Waals surface area contributed by atoms with Crippen LogP contribution < -0.4 is 4.74 Å². The smallest absolute Gasteiger partial charge is 0.128 e. The molecule has 3 nitrogen and oxygen atoms in total. The highest BCUT2D eigenvalue weighted by molar-refractivity contribution is 6.03. The van der Waals surface area contributed by atoms with Crippen LogP contribution in [0.3, 0.4) is 0 Å². The molecule has 0 radical (unpaired) electrons. The van der Waals surface area contributed by atoms with Crippen LogP contribution in [0.25, 0.3) is 5.57 Å². The van der Waals surface area contributed by atoms with Crippen LogP contribution in [0, 0.1) is 13.8 Å². The molecule has 0 unspecified atom stereocenters. The molecular weight excluding hydrogens is 572 g/mol. The average Bonchev–Trinajstić information content (AvgIpc) is 3.09. The van der Waals surface area contributed by atoms with Crippen molar-refractivity contribution in [3.63, 3.8) is 0 Å². The Morgan fingerprint density at radius 1 is 0.681 bits per heavy atom. The van der Waals surface area contributed by atoms with E-state index < -0.39 is 0 Å². The lowest BCUT2D eigenvalue weighted by Crippen LogP contribution is -2.03. The number of aryl methyl sites for hydroxylation is 3. The Kier molecular flexibility index (Phi) is 29.1. The molecule has 0 bridgehead atoms. The van der Waals surface area contributed by atoms with E-state index in [-0.39, 0.29) is 0 Å². The molecule has 0 amide bonds. The van der Waals surface area contributed by atoms with Crippen molar-refractivity contribution in [1.82, 2.24) is 0 Å². The summed E-state index contributed by atoms with van der Waals surface area (Å²) in [7, 11) is 0. The summed E-state index contributed by atoms with van der Waals surface area (Å²) in [6, 6.07) is 20.8. The predicted molar refractivity (Wildman–Crippen MR) is 216 cm³/mol. The van der Waals surface area contributed by atoms with Gasteiger partial charge in [0.05, 0.1) is 18.0 Å². The Morgan fingerprint density at radius 3 is 1.66 bits per heavy atom. The van der Waals surface area contributed by atoms with Gasteiger partial charge in [-0.05, 0) is 88.4 Å². The number of benzene rings is 3. The summed E-state index contributed by atoms with van der Waals surface area (Å²) in [6.07, 6.45) is 11.8. The van der Waals surface area contributed by atoms with Gasteiger partial charge in [-0.15, -0.1) is 0 Å². The van der Waals surface area contributed by atoms with E-state index in [4.69, 9.17) is 9.73 Å². The summed E-state index contributed by atoms with van der Waals surface area (Å²) in [5.41, 5.74) is 9.50. The summed E-state index contributed by atoms with van der Waals surface area (Å²) >= 11 is 0. The molecule has 47 heavy (non-hydrogen) atoms. The summed E-state index contributed by atoms with van der Waals surface area (Å²) in [5.74, 6) is 0.875. The fourth-order valence-electron chi connectivity index (χ4n) is 3.62. The maximum Gasteiger partial charge on any atom is 0.128 e. The monoisotopic (exact) mass is 643 g/mol. The van der Waals surface area contributed by atoms with Crippen LogP contribution in [0.4, 0.5) is 11.4 Å². The zero-order chi connectivity index (χ0) is 36.0. The first-order valence-corrected chi connectivity index (χ1v) is 18.2. The fourth-order valence-corrected chi connectivity index (χ4v) is 3.62. The van der Waals surface area contributed by atoms with Crippen molar-refractivity contribution in [2.24, 2.45) is 9.98 Å². The Balaban J connectivity index is 0. The van der Waals surface area contributed by atoms with E-state index in [2.05, 4.69) is 123 Å². The molecular formula is C44H70N2O. The Labute approximate surface area is 291 Å². The third kappa shape index (κ3) is 21.1. The fraction of sp³-hybridized carbons (Fsp3) is 0.500. The topological polar surface area (TPSA) is 34.0 Å². The predicted octanol–water partition coefficient (Wildman–Crippen LogP) is 14.7. The lowest BCUT2D eigenvalue weighted by atomic mass is 10.0. The second-order valence-electron chi connectivity index (χ2n) is 11.7. The SMILES string of the molecule is C=C(C)c1cc(C)c(N=CC)cc1N=C(C)c1cc(C)ccc1OCCC.CCCC.CCCC.CCCC.CCc1ccccc1. The molecule has 262 valence electrons. The summed E-state index contributed by atoms with van der Waals surface area (Å²) < 4.78 is 5.94. The minimum Gasteiger partial charge on any atom is -0.493 e. The van der Waals surface area contributed by atoms with Gasteiger partial charge in [0.15, 0.2) is 0 Å². The van der Waals surface area contributed by atoms with Crippen LogP contribution in [0.15, 0.2) is 77.2 Å². The van der Waals surface area contributed by atoms with Gasteiger partial charge in [0.1, 0.15) is 5.75 Å². The minimum atomic E-state index is 0.695. The summed E-state index contributed by atoms with van der Waals surface area (Å²) in [4.78, 5) is 9.42. The van der Waals surface area contributed by atoms with Gasteiger partial charge < -0.3 is 4.74 Å². The maximum atomic E-state index is 5.94. The van der Waals surface area contributed by atoms with Crippen molar-refractivity contribution in [1.29, 1.82) is 0 Å².